The average molecular weight is 462 g/mol. The Balaban J connectivity index is 2.49. The summed E-state index contributed by atoms with van der Waals surface area (Å²) in [6.07, 6.45) is -4.38. The first kappa shape index (κ1) is 23.2. The van der Waals surface area contributed by atoms with Crippen molar-refractivity contribution in [2.75, 3.05) is 13.7 Å². The molecule has 0 fully saturated rings. The number of hydrogen-bond acceptors (Lipinski definition) is 7. The normalized spacial score (nSPS) is 12.4. The molecule has 1 atom stereocenters. The number of benzene rings is 1. The van der Waals surface area contributed by atoms with Crippen molar-refractivity contribution in [1.29, 1.82) is 5.26 Å². The van der Waals surface area contributed by atoms with Crippen molar-refractivity contribution in [3.8, 4) is 17.6 Å². The second-order valence-electron chi connectivity index (χ2n) is 5.48. The van der Waals surface area contributed by atoms with Crippen molar-refractivity contribution in [2.24, 2.45) is 10.2 Å². The van der Waals surface area contributed by atoms with E-state index in [2.05, 4.69) is 26.5 Å². The van der Waals surface area contributed by atoms with E-state index in [4.69, 9.17) is 33.2 Å². The molecule has 0 bridgehead atoms. The first-order valence-electron chi connectivity index (χ1n) is 7.88. The van der Waals surface area contributed by atoms with Gasteiger partial charge in [0.1, 0.15) is 11.3 Å². The molecular formula is C17H12Cl2F3N5O3. The quantitative estimate of drug-likeness (QED) is 0.331. The lowest BCUT2D eigenvalue weighted by molar-refractivity contribution is -0.142. The van der Waals surface area contributed by atoms with Crippen molar-refractivity contribution in [1.82, 2.24) is 9.55 Å². The average Bonchev–Trinajstić information content (AvgIpc) is 2.67. The van der Waals surface area contributed by atoms with E-state index in [0.717, 1.165) is 12.1 Å². The number of nitrogens with zero attached hydrogens (tertiary/aromatic N) is 5. The molecule has 0 saturated carbocycles. The van der Waals surface area contributed by atoms with Crippen molar-refractivity contribution < 1.29 is 22.6 Å². The summed E-state index contributed by atoms with van der Waals surface area (Å²) in [5.74, 6) is -1.43. The number of hydrogen-bond donors (Lipinski definition) is 0. The van der Waals surface area contributed by atoms with Gasteiger partial charge in [0.15, 0.2) is 5.69 Å². The minimum absolute atomic E-state index is 0.0179. The van der Waals surface area contributed by atoms with Crippen LogP contribution in [0.5, 0.6) is 11.5 Å². The predicted octanol–water partition coefficient (Wildman–Crippen LogP) is 4.89. The van der Waals surface area contributed by atoms with E-state index in [1.165, 1.54) is 13.2 Å². The van der Waals surface area contributed by atoms with Gasteiger partial charge in [0.05, 0.1) is 31.6 Å². The Labute approximate surface area is 177 Å². The summed E-state index contributed by atoms with van der Waals surface area (Å²) in [4.78, 5) is 15.9. The molecule has 0 amide bonds. The van der Waals surface area contributed by atoms with E-state index < -0.39 is 28.7 Å². The lowest BCUT2D eigenvalue weighted by Gasteiger charge is -2.16. The van der Waals surface area contributed by atoms with Gasteiger partial charge in [0.2, 0.25) is 11.6 Å². The number of alkyl halides is 4. The van der Waals surface area contributed by atoms with Gasteiger partial charge < -0.3 is 9.47 Å². The van der Waals surface area contributed by atoms with Crippen molar-refractivity contribution >= 4 is 23.2 Å². The molecule has 1 aromatic heterocycles. The van der Waals surface area contributed by atoms with E-state index in [1.54, 1.807) is 6.07 Å². The van der Waals surface area contributed by atoms with E-state index >= 15 is 0 Å². The molecule has 158 valence electrons. The van der Waals surface area contributed by atoms with Crippen molar-refractivity contribution in [2.45, 2.75) is 11.7 Å². The third-order valence-electron chi connectivity index (χ3n) is 3.40. The summed E-state index contributed by atoms with van der Waals surface area (Å²) in [5, 5.41) is 16.2. The summed E-state index contributed by atoms with van der Waals surface area (Å²) in [7, 11) is 1.31. The molecule has 0 radical (unpaired) electrons. The van der Waals surface area contributed by atoms with Gasteiger partial charge in [0, 0.05) is 5.02 Å². The first-order valence-corrected chi connectivity index (χ1v) is 8.69. The van der Waals surface area contributed by atoms with Crippen LogP contribution >= 0.6 is 23.2 Å². The molecule has 2 rings (SSSR count). The Morgan fingerprint density at radius 3 is 2.73 bits per heavy atom. The molecule has 0 saturated heterocycles. The number of rotatable bonds is 7. The largest absolute Gasteiger partial charge is 0.480 e. The summed E-state index contributed by atoms with van der Waals surface area (Å²) in [6.45, 7) is 3.10. The van der Waals surface area contributed by atoms with Crippen LogP contribution < -0.4 is 10.3 Å². The molecule has 0 N–H and O–H groups in total. The van der Waals surface area contributed by atoms with Crippen LogP contribution in [0.15, 0.2) is 52.0 Å². The Hall–Kier alpha value is -3.10. The van der Waals surface area contributed by atoms with E-state index in [0.29, 0.717) is 10.9 Å². The highest BCUT2D eigenvalue weighted by atomic mass is 35.5. The Morgan fingerprint density at radius 2 is 2.13 bits per heavy atom. The molecule has 0 aliphatic carbocycles. The SMILES string of the molecule is C=C(N=NCC(Cl)n1cnc(C(F)(F)F)c(Oc2cc(Cl)cc(C#N)c2)c1=O)OC. The predicted molar refractivity (Wildman–Crippen MR) is 101 cm³/mol. The zero-order valence-corrected chi connectivity index (χ0v) is 16.7. The van der Waals surface area contributed by atoms with Crippen LogP contribution in [0.1, 0.15) is 16.8 Å². The summed E-state index contributed by atoms with van der Waals surface area (Å²) in [5.41, 5.74) is -4.02. The topological polar surface area (TPSA) is 102 Å². The third kappa shape index (κ3) is 5.71. The standard InChI is InChI=1S/C17H12Cl2F3N5O3/c1-9(29-2)26-25-7-13(19)27-8-24-15(17(20,21)22)14(16(27)28)30-12-4-10(6-23)3-11(18)5-12/h3-5,8,13H,1,7H2,2H3. The van der Waals surface area contributed by atoms with Gasteiger partial charge in [-0.3, -0.25) is 9.36 Å². The molecule has 0 aliphatic heterocycles. The highest BCUT2D eigenvalue weighted by molar-refractivity contribution is 6.30. The molecule has 1 unspecified atom stereocenters. The number of halogens is 5. The molecule has 0 spiro atoms. The number of methoxy groups -OCH3 is 1. The smallest absolute Gasteiger partial charge is 0.437 e. The molecule has 2 aromatic rings. The molecule has 30 heavy (non-hydrogen) atoms. The summed E-state index contributed by atoms with van der Waals surface area (Å²) >= 11 is 11.9. The van der Waals surface area contributed by atoms with Crippen LogP contribution in [0.25, 0.3) is 0 Å². The van der Waals surface area contributed by atoms with Gasteiger partial charge in [-0.2, -0.15) is 23.5 Å². The minimum atomic E-state index is -5.00. The van der Waals surface area contributed by atoms with Gasteiger partial charge in [-0.25, -0.2) is 4.98 Å². The zero-order chi connectivity index (χ0) is 22.5. The Morgan fingerprint density at radius 1 is 1.43 bits per heavy atom. The third-order valence-corrected chi connectivity index (χ3v) is 3.96. The van der Waals surface area contributed by atoms with E-state index in [1.807, 2.05) is 0 Å². The van der Waals surface area contributed by atoms with Crippen LogP contribution in [-0.2, 0) is 10.9 Å². The highest BCUT2D eigenvalue weighted by Gasteiger charge is 2.39. The van der Waals surface area contributed by atoms with Crippen LogP contribution in [0.2, 0.25) is 5.02 Å². The number of aromatic nitrogens is 2. The second kappa shape index (κ2) is 9.60. The summed E-state index contributed by atoms with van der Waals surface area (Å²) in [6, 6.07) is 5.30. The first-order chi connectivity index (χ1) is 14.1. The molecule has 13 heteroatoms. The number of ether oxygens (including phenoxy) is 2. The molecule has 0 aliphatic rings. The van der Waals surface area contributed by atoms with Crippen molar-refractivity contribution in [3.63, 3.8) is 0 Å². The van der Waals surface area contributed by atoms with Crippen LogP contribution in [0.3, 0.4) is 0 Å². The van der Waals surface area contributed by atoms with Crippen LogP contribution in [0.4, 0.5) is 13.2 Å². The molecular weight excluding hydrogens is 450 g/mol. The number of azo groups is 1. The Bertz CT molecular complexity index is 1080. The lowest BCUT2D eigenvalue weighted by Crippen LogP contribution is -2.28. The van der Waals surface area contributed by atoms with E-state index in [9.17, 15) is 18.0 Å². The van der Waals surface area contributed by atoms with Gasteiger partial charge in [0.25, 0.3) is 5.56 Å². The van der Waals surface area contributed by atoms with Crippen LogP contribution in [-0.4, -0.2) is 23.2 Å². The Kier molecular flexibility index (Phi) is 7.42. The van der Waals surface area contributed by atoms with Gasteiger partial charge in [-0.1, -0.05) is 23.2 Å². The molecule has 1 heterocycles. The number of nitriles is 1. The lowest BCUT2D eigenvalue weighted by atomic mass is 10.2. The van der Waals surface area contributed by atoms with Crippen LogP contribution in [0, 0.1) is 11.3 Å². The van der Waals surface area contributed by atoms with Gasteiger partial charge in [-0.05, 0) is 24.8 Å². The fourth-order valence-electron chi connectivity index (χ4n) is 2.06. The molecule has 1 aromatic carbocycles. The maximum Gasteiger partial charge on any atom is 0.437 e. The van der Waals surface area contributed by atoms with Gasteiger partial charge >= 0.3 is 6.18 Å². The van der Waals surface area contributed by atoms with E-state index in [-0.39, 0.29) is 28.8 Å². The maximum atomic E-state index is 13.4. The molecule has 8 nitrogen and oxygen atoms in total. The maximum absolute atomic E-state index is 13.4. The minimum Gasteiger partial charge on any atom is -0.480 e. The zero-order valence-electron chi connectivity index (χ0n) is 15.2. The highest BCUT2D eigenvalue weighted by Crippen LogP contribution is 2.35. The van der Waals surface area contributed by atoms with Gasteiger partial charge in [-0.15, -0.1) is 5.11 Å². The fourth-order valence-corrected chi connectivity index (χ4v) is 2.49. The second-order valence-corrected chi connectivity index (χ2v) is 6.42. The van der Waals surface area contributed by atoms with Crippen molar-refractivity contribution in [3.05, 3.63) is 63.6 Å². The summed E-state index contributed by atoms with van der Waals surface area (Å²) < 4.78 is 50.6. The fraction of sp³-hybridized carbons (Fsp3) is 0.235. The monoisotopic (exact) mass is 461 g/mol.